The number of thioether (sulfide) groups is 1. The van der Waals surface area contributed by atoms with Crippen molar-refractivity contribution in [3.05, 3.63) is 30.3 Å². The first kappa shape index (κ1) is 25.1. The SMILES string of the molecule is CN=C(NCC1(Sc2ccccc2)CCCC1)NC1CCN(CC2CCOC2)CC1.I. The van der Waals surface area contributed by atoms with Crippen LogP contribution in [0.3, 0.4) is 0 Å². The zero-order valence-corrected chi connectivity index (χ0v) is 22.0. The second-order valence-electron chi connectivity index (χ2n) is 9.18. The molecule has 2 heterocycles. The average molecular weight is 559 g/mol. The molecule has 1 aromatic carbocycles. The largest absolute Gasteiger partial charge is 0.381 e. The molecule has 1 aliphatic carbocycles. The van der Waals surface area contributed by atoms with Gasteiger partial charge in [0.25, 0.3) is 0 Å². The molecular formula is C24H39IN4OS. The lowest BCUT2D eigenvalue weighted by atomic mass is 10.0. The van der Waals surface area contributed by atoms with Crippen LogP contribution in [0.5, 0.6) is 0 Å². The van der Waals surface area contributed by atoms with E-state index in [1.165, 1.54) is 69.5 Å². The fourth-order valence-electron chi connectivity index (χ4n) is 5.06. The van der Waals surface area contributed by atoms with Crippen LogP contribution in [0.1, 0.15) is 44.9 Å². The van der Waals surface area contributed by atoms with Crippen LogP contribution in [-0.2, 0) is 4.74 Å². The van der Waals surface area contributed by atoms with Crippen molar-refractivity contribution in [2.75, 3.05) is 46.4 Å². The van der Waals surface area contributed by atoms with Crippen LogP contribution in [0.25, 0.3) is 0 Å². The van der Waals surface area contributed by atoms with Crippen LogP contribution in [0.4, 0.5) is 0 Å². The van der Waals surface area contributed by atoms with Crippen molar-refractivity contribution >= 4 is 41.7 Å². The summed E-state index contributed by atoms with van der Waals surface area (Å²) in [5, 5.41) is 7.38. The second-order valence-corrected chi connectivity index (χ2v) is 10.7. The van der Waals surface area contributed by atoms with Gasteiger partial charge in [-0.2, -0.15) is 0 Å². The molecule has 0 bridgehead atoms. The molecule has 4 rings (SSSR count). The van der Waals surface area contributed by atoms with Gasteiger partial charge in [-0.05, 0) is 50.2 Å². The molecule has 0 spiro atoms. The molecule has 5 nitrogen and oxygen atoms in total. The summed E-state index contributed by atoms with van der Waals surface area (Å²) in [5.74, 6) is 1.71. The van der Waals surface area contributed by atoms with Gasteiger partial charge < -0.3 is 20.3 Å². The number of piperidine rings is 1. The number of aliphatic imine (C=N–C) groups is 1. The number of hydrogen-bond donors (Lipinski definition) is 2. The third-order valence-corrected chi connectivity index (χ3v) is 8.36. The Morgan fingerprint density at radius 1 is 1.16 bits per heavy atom. The Bertz CT molecular complexity index is 669. The predicted molar refractivity (Wildman–Crippen MR) is 142 cm³/mol. The summed E-state index contributed by atoms with van der Waals surface area (Å²) >= 11 is 2.05. The molecule has 1 saturated carbocycles. The predicted octanol–water partition coefficient (Wildman–Crippen LogP) is 4.38. The molecule has 0 aromatic heterocycles. The minimum Gasteiger partial charge on any atom is -0.381 e. The van der Waals surface area contributed by atoms with E-state index in [9.17, 15) is 0 Å². The number of halogens is 1. The molecule has 1 atom stereocenters. The summed E-state index contributed by atoms with van der Waals surface area (Å²) in [6, 6.07) is 11.4. The van der Waals surface area contributed by atoms with E-state index in [2.05, 4.69) is 62.6 Å². The maximum Gasteiger partial charge on any atom is 0.191 e. The minimum absolute atomic E-state index is 0. The van der Waals surface area contributed by atoms with Gasteiger partial charge in [-0.1, -0.05) is 31.0 Å². The van der Waals surface area contributed by atoms with E-state index in [0.29, 0.717) is 6.04 Å². The van der Waals surface area contributed by atoms with E-state index in [1.807, 2.05) is 7.05 Å². The highest BCUT2D eigenvalue weighted by atomic mass is 127. The lowest BCUT2D eigenvalue weighted by Crippen LogP contribution is -2.51. The number of likely N-dealkylation sites (tertiary alicyclic amines) is 1. The van der Waals surface area contributed by atoms with Crippen LogP contribution >= 0.6 is 35.7 Å². The van der Waals surface area contributed by atoms with Crippen LogP contribution in [0.2, 0.25) is 0 Å². The zero-order chi connectivity index (χ0) is 20.7. The van der Waals surface area contributed by atoms with Crippen LogP contribution < -0.4 is 10.6 Å². The minimum atomic E-state index is 0. The summed E-state index contributed by atoms with van der Waals surface area (Å²) in [6.07, 6.45) is 8.84. The Kier molecular flexibility index (Phi) is 10.3. The Labute approximate surface area is 209 Å². The molecule has 3 fully saturated rings. The van der Waals surface area contributed by atoms with Crippen LogP contribution in [0.15, 0.2) is 40.2 Å². The number of nitrogens with one attached hydrogen (secondary N) is 2. The van der Waals surface area contributed by atoms with Gasteiger partial charge in [-0.15, -0.1) is 35.7 Å². The standard InChI is InChI=1S/C24H38N4OS.HI/c1-25-23(27-21-9-14-28(15-10-21)17-20-11-16-29-18-20)26-19-24(12-5-6-13-24)30-22-7-3-2-4-8-22;/h2-4,7-8,20-21H,5-6,9-19H2,1H3,(H2,25,26,27);1H. The van der Waals surface area contributed by atoms with E-state index in [0.717, 1.165) is 31.6 Å². The highest BCUT2D eigenvalue weighted by molar-refractivity contribution is 14.0. The van der Waals surface area contributed by atoms with Gasteiger partial charge in [0.05, 0.1) is 6.61 Å². The molecular weight excluding hydrogens is 519 g/mol. The zero-order valence-electron chi connectivity index (χ0n) is 18.9. The molecule has 2 saturated heterocycles. The first-order valence-corrected chi connectivity index (χ1v) is 12.6. The van der Waals surface area contributed by atoms with E-state index in [4.69, 9.17) is 4.74 Å². The molecule has 0 amide bonds. The van der Waals surface area contributed by atoms with Crippen LogP contribution in [0, 0.1) is 5.92 Å². The van der Waals surface area contributed by atoms with E-state index in [-0.39, 0.29) is 28.7 Å². The molecule has 2 aliphatic heterocycles. The van der Waals surface area contributed by atoms with Crippen molar-refractivity contribution in [1.29, 1.82) is 0 Å². The van der Waals surface area contributed by atoms with Crippen LogP contribution in [-0.4, -0.2) is 68.1 Å². The van der Waals surface area contributed by atoms with Gasteiger partial charge in [-0.25, -0.2) is 0 Å². The Morgan fingerprint density at radius 2 is 1.90 bits per heavy atom. The molecule has 1 unspecified atom stereocenters. The Morgan fingerprint density at radius 3 is 2.55 bits per heavy atom. The van der Waals surface area contributed by atoms with E-state index < -0.39 is 0 Å². The normalized spacial score (nSPS) is 24.7. The summed E-state index contributed by atoms with van der Waals surface area (Å²) < 4.78 is 5.82. The topological polar surface area (TPSA) is 48.9 Å². The van der Waals surface area contributed by atoms with Gasteiger partial charge >= 0.3 is 0 Å². The summed E-state index contributed by atoms with van der Waals surface area (Å²) in [7, 11) is 1.90. The molecule has 7 heteroatoms. The summed E-state index contributed by atoms with van der Waals surface area (Å²) in [4.78, 5) is 8.54. The lowest BCUT2D eigenvalue weighted by Gasteiger charge is -2.35. The molecule has 174 valence electrons. The van der Waals surface area contributed by atoms with Gasteiger partial charge in [0.15, 0.2) is 5.96 Å². The summed E-state index contributed by atoms with van der Waals surface area (Å²) in [6.45, 7) is 6.45. The highest BCUT2D eigenvalue weighted by Gasteiger charge is 2.35. The number of nitrogens with zero attached hydrogens (tertiary/aromatic N) is 2. The van der Waals surface area contributed by atoms with Gasteiger partial charge in [-0.3, -0.25) is 4.99 Å². The quantitative estimate of drug-likeness (QED) is 0.296. The first-order chi connectivity index (χ1) is 14.7. The van der Waals surface area contributed by atoms with E-state index >= 15 is 0 Å². The number of benzene rings is 1. The maximum absolute atomic E-state index is 5.54. The molecule has 0 radical (unpaired) electrons. The van der Waals surface area contributed by atoms with Crippen molar-refractivity contribution in [1.82, 2.24) is 15.5 Å². The van der Waals surface area contributed by atoms with Crippen molar-refractivity contribution in [3.63, 3.8) is 0 Å². The molecule has 3 aliphatic rings. The maximum atomic E-state index is 5.54. The number of hydrogen-bond acceptors (Lipinski definition) is 4. The Balaban J connectivity index is 0.00000272. The fraction of sp³-hybridized carbons (Fsp3) is 0.708. The summed E-state index contributed by atoms with van der Waals surface area (Å²) in [5.41, 5.74) is 0. The third-order valence-electron chi connectivity index (χ3n) is 6.86. The third kappa shape index (κ3) is 7.51. The second kappa shape index (κ2) is 12.7. The average Bonchev–Trinajstić information content (AvgIpc) is 3.46. The van der Waals surface area contributed by atoms with Crippen molar-refractivity contribution in [2.24, 2.45) is 10.9 Å². The molecule has 31 heavy (non-hydrogen) atoms. The molecule has 1 aromatic rings. The lowest BCUT2D eigenvalue weighted by molar-refractivity contribution is 0.150. The highest BCUT2D eigenvalue weighted by Crippen LogP contribution is 2.44. The van der Waals surface area contributed by atoms with Gasteiger partial charge in [0, 0.05) is 55.5 Å². The number of rotatable bonds is 7. The number of ether oxygens (including phenoxy) is 1. The Hall–Kier alpha value is -0.510. The van der Waals surface area contributed by atoms with E-state index in [1.54, 1.807) is 0 Å². The van der Waals surface area contributed by atoms with Crippen molar-refractivity contribution < 1.29 is 4.74 Å². The number of guanidine groups is 1. The van der Waals surface area contributed by atoms with Gasteiger partial charge in [0.1, 0.15) is 0 Å². The van der Waals surface area contributed by atoms with Gasteiger partial charge in [0.2, 0.25) is 0 Å². The monoisotopic (exact) mass is 558 g/mol. The smallest absolute Gasteiger partial charge is 0.191 e. The van der Waals surface area contributed by atoms with Crippen molar-refractivity contribution in [3.8, 4) is 0 Å². The fourth-order valence-corrected chi connectivity index (χ4v) is 6.49. The molecule has 2 N–H and O–H groups in total. The van der Waals surface area contributed by atoms with Crippen molar-refractivity contribution in [2.45, 2.75) is 60.6 Å². The first-order valence-electron chi connectivity index (χ1n) is 11.8.